The lowest BCUT2D eigenvalue weighted by Crippen LogP contribution is -2.13. The highest BCUT2D eigenvalue weighted by Gasteiger charge is 2.12. The van der Waals surface area contributed by atoms with Crippen LogP contribution in [0.5, 0.6) is 0 Å². The van der Waals surface area contributed by atoms with Crippen molar-refractivity contribution in [3.8, 4) is 0 Å². The van der Waals surface area contributed by atoms with Crippen molar-refractivity contribution in [1.82, 2.24) is 9.97 Å². The number of nitrogens with zero attached hydrogens (tertiary/aromatic N) is 2. The number of rotatable bonds is 3. The topological polar surface area (TPSA) is 55.2 Å². The van der Waals surface area contributed by atoms with Gasteiger partial charge in [-0.15, -0.1) is 0 Å². The number of aliphatic hydroxyl groups is 1. The van der Waals surface area contributed by atoms with Gasteiger partial charge in [-0.25, -0.2) is 9.97 Å². The largest absolute Gasteiger partial charge is 0.368 e. The molecule has 0 saturated heterocycles. The average Bonchev–Trinajstić information content (AvgIpc) is 2.11. The van der Waals surface area contributed by atoms with Gasteiger partial charge in [0, 0.05) is 19.1 Å². The van der Waals surface area contributed by atoms with Crippen LogP contribution in [0.4, 0.5) is 0 Å². The second kappa shape index (κ2) is 4.72. The Kier molecular flexibility index (Phi) is 3.87. The van der Waals surface area contributed by atoms with Crippen LogP contribution < -0.4 is 0 Å². The maximum atomic E-state index is 9.17. The summed E-state index contributed by atoms with van der Waals surface area (Å²) in [7, 11) is 1.39. The molecule has 0 amide bonds. The molecule has 1 unspecified atom stereocenters. The molecule has 0 aliphatic carbocycles. The summed E-state index contributed by atoms with van der Waals surface area (Å²) in [5.41, 5.74) is 0.486. The Morgan fingerprint density at radius 3 is 2.46 bits per heavy atom. The van der Waals surface area contributed by atoms with Crippen molar-refractivity contribution in [2.75, 3.05) is 7.11 Å². The van der Waals surface area contributed by atoms with E-state index in [1.165, 1.54) is 13.4 Å². The van der Waals surface area contributed by atoms with Crippen molar-refractivity contribution in [2.45, 2.75) is 12.7 Å². The Balaban J connectivity index is 2.87. The number of methoxy groups -OCH3 is 1. The molecule has 0 radical (unpaired) electrons. The second-order valence-corrected chi connectivity index (χ2v) is 3.04. The van der Waals surface area contributed by atoms with E-state index in [-0.39, 0.29) is 16.7 Å². The van der Waals surface area contributed by atoms with E-state index in [1.54, 1.807) is 0 Å². The highest BCUT2D eigenvalue weighted by atomic mass is 35.5. The number of hydrogen-bond acceptors (Lipinski definition) is 4. The first-order valence-electron chi connectivity index (χ1n) is 3.51. The summed E-state index contributed by atoms with van der Waals surface area (Å²) in [6.45, 7) is 0. The highest BCUT2D eigenvalue weighted by Crippen LogP contribution is 2.21. The number of aliphatic hydroxyl groups excluding tert-OH is 1. The van der Waals surface area contributed by atoms with Crippen molar-refractivity contribution >= 4 is 23.2 Å². The first kappa shape index (κ1) is 10.7. The predicted octanol–water partition coefficient (Wildman–Crippen LogP) is 1.29. The molecule has 1 aromatic rings. The maximum Gasteiger partial charge on any atom is 0.158 e. The molecular formula is C7H8Cl2N2O2. The minimum absolute atomic E-state index is 0.176. The zero-order chi connectivity index (χ0) is 9.84. The molecule has 0 aliphatic rings. The summed E-state index contributed by atoms with van der Waals surface area (Å²) in [6, 6.07) is 0. The van der Waals surface area contributed by atoms with Crippen LogP contribution in [0, 0.1) is 0 Å². The van der Waals surface area contributed by atoms with Crippen LogP contribution in [0.25, 0.3) is 0 Å². The lowest BCUT2D eigenvalue weighted by Gasteiger charge is -2.09. The Morgan fingerprint density at radius 1 is 1.46 bits per heavy atom. The van der Waals surface area contributed by atoms with E-state index in [1.807, 2.05) is 0 Å². The molecular weight excluding hydrogens is 215 g/mol. The molecule has 0 saturated carbocycles. The average molecular weight is 223 g/mol. The molecule has 72 valence electrons. The van der Waals surface area contributed by atoms with Gasteiger partial charge < -0.3 is 9.84 Å². The Labute approximate surface area is 85.5 Å². The summed E-state index contributed by atoms with van der Waals surface area (Å²) in [4.78, 5) is 7.46. The molecule has 1 N–H and O–H groups in total. The molecule has 1 atom stereocenters. The Hall–Kier alpha value is -0.420. The zero-order valence-corrected chi connectivity index (χ0v) is 8.38. The lowest BCUT2D eigenvalue weighted by atomic mass is 10.2. The van der Waals surface area contributed by atoms with Crippen LogP contribution in [-0.4, -0.2) is 28.5 Å². The van der Waals surface area contributed by atoms with Gasteiger partial charge in [-0.05, 0) is 0 Å². The van der Waals surface area contributed by atoms with Crippen LogP contribution in [0.3, 0.4) is 0 Å². The fourth-order valence-corrected chi connectivity index (χ4v) is 1.27. The van der Waals surface area contributed by atoms with Gasteiger partial charge in [-0.1, -0.05) is 23.2 Å². The van der Waals surface area contributed by atoms with E-state index in [9.17, 15) is 0 Å². The summed E-state index contributed by atoms with van der Waals surface area (Å²) in [5.74, 6) is 0. The van der Waals surface area contributed by atoms with Gasteiger partial charge >= 0.3 is 0 Å². The summed E-state index contributed by atoms with van der Waals surface area (Å²) >= 11 is 11.5. The minimum atomic E-state index is -0.944. The molecule has 4 nitrogen and oxygen atoms in total. The monoisotopic (exact) mass is 222 g/mol. The standard InChI is InChI=1S/C7H8Cl2N2O2/c1-13-5(12)2-4-6(8)10-3-11-7(4)9/h3,5,12H,2H2,1H3. The predicted molar refractivity (Wildman–Crippen MR) is 48.8 cm³/mol. The van der Waals surface area contributed by atoms with Crippen LogP contribution >= 0.6 is 23.2 Å². The van der Waals surface area contributed by atoms with Crippen LogP contribution in [0.2, 0.25) is 10.3 Å². The summed E-state index contributed by atoms with van der Waals surface area (Å²) in [5, 5.41) is 9.63. The van der Waals surface area contributed by atoms with E-state index < -0.39 is 6.29 Å². The minimum Gasteiger partial charge on any atom is -0.368 e. The van der Waals surface area contributed by atoms with E-state index >= 15 is 0 Å². The van der Waals surface area contributed by atoms with Gasteiger partial charge in [0.25, 0.3) is 0 Å². The quantitative estimate of drug-likeness (QED) is 0.619. The molecule has 6 heteroatoms. The lowest BCUT2D eigenvalue weighted by molar-refractivity contribution is -0.0721. The van der Waals surface area contributed by atoms with Crippen LogP contribution in [-0.2, 0) is 11.2 Å². The second-order valence-electron chi connectivity index (χ2n) is 2.33. The highest BCUT2D eigenvalue weighted by molar-refractivity contribution is 6.34. The maximum absolute atomic E-state index is 9.17. The fourth-order valence-electron chi connectivity index (χ4n) is 0.798. The van der Waals surface area contributed by atoms with Gasteiger partial charge in [0.15, 0.2) is 6.29 Å². The third-order valence-corrected chi connectivity index (χ3v) is 2.14. The van der Waals surface area contributed by atoms with Crippen LogP contribution in [0.1, 0.15) is 5.56 Å². The number of halogens is 2. The molecule has 0 fully saturated rings. The van der Waals surface area contributed by atoms with Crippen molar-refractivity contribution in [1.29, 1.82) is 0 Å². The molecule has 0 bridgehead atoms. The van der Waals surface area contributed by atoms with Crippen molar-refractivity contribution in [2.24, 2.45) is 0 Å². The number of hydrogen-bond donors (Lipinski definition) is 1. The summed E-state index contributed by atoms with van der Waals surface area (Å²) in [6.07, 6.45) is 0.489. The van der Waals surface area contributed by atoms with Crippen LogP contribution in [0.15, 0.2) is 6.33 Å². The van der Waals surface area contributed by atoms with Crippen molar-refractivity contribution in [3.63, 3.8) is 0 Å². The van der Waals surface area contributed by atoms with E-state index in [0.717, 1.165) is 0 Å². The Bertz CT molecular complexity index is 276. The third-order valence-electron chi connectivity index (χ3n) is 1.49. The SMILES string of the molecule is COC(O)Cc1c(Cl)ncnc1Cl. The van der Waals surface area contributed by atoms with Gasteiger partial charge in [-0.3, -0.25) is 0 Å². The third kappa shape index (κ3) is 2.77. The molecule has 1 rings (SSSR count). The Morgan fingerprint density at radius 2 is 2.00 bits per heavy atom. The van der Waals surface area contributed by atoms with Gasteiger partial charge in [0.1, 0.15) is 16.6 Å². The van der Waals surface area contributed by atoms with Crippen molar-refractivity contribution < 1.29 is 9.84 Å². The smallest absolute Gasteiger partial charge is 0.158 e. The first-order chi connectivity index (χ1) is 6.15. The van der Waals surface area contributed by atoms with Gasteiger partial charge in [-0.2, -0.15) is 0 Å². The van der Waals surface area contributed by atoms with Gasteiger partial charge in [0.2, 0.25) is 0 Å². The first-order valence-corrected chi connectivity index (χ1v) is 4.26. The van der Waals surface area contributed by atoms with E-state index in [2.05, 4.69) is 14.7 Å². The van der Waals surface area contributed by atoms with E-state index in [4.69, 9.17) is 28.3 Å². The van der Waals surface area contributed by atoms with E-state index in [0.29, 0.717) is 5.56 Å². The summed E-state index contributed by atoms with van der Waals surface area (Å²) < 4.78 is 4.65. The normalized spacial score (nSPS) is 12.9. The van der Waals surface area contributed by atoms with Gasteiger partial charge in [0.05, 0.1) is 0 Å². The van der Waals surface area contributed by atoms with Crippen molar-refractivity contribution in [3.05, 3.63) is 22.2 Å². The molecule has 1 heterocycles. The molecule has 0 aromatic carbocycles. The molecule has 0 spiro atoms. The molecule has 1 aromatic heterocycles. The molecule has 13 heavy (non-hydrogen) atoms. The number of ether oxygens (including phenoxy) is 1. The fraction of sp³-hybridized carbons (Fsp3) is 0.429. The number of aromatic nitrogens is 2. The molecule has 0 aliphatic heterocycles. The zero-order valence-electron chi connectivity index (χ0n) is 6.87.